The summed E-state index contributed by atoms with van der Waals surface area (Å²) in [5.74, 6) is 1.44. The Morgan fingerprint density at radius 2 is 1.90 bits per heavy atom. The Hall–Kier alpha value is -2.02. The molecule has 2 rings (SSSR count). The van der Waals surface area contributed by atoms with Gasteiger partial charge in [0.15, 0.2) is 0 Å². The van der Waals surface area contributed by atoms with Crippen LogP contribution in [0.15, 0.2) is 61.2 Å². The van der Waals surface area contributed by atoms with Gasteiger partial charge in [-0.15, -0.1) is 6.58 Å². The van der Waals surface area contributed by atoms with Gasteiger partial charge in [0, 0.05) is 0 Å². The quantitative estimate of drug-likeness (QED) is 0.648. The lowest BCUT2D eigenvalue weighted by atomic mass is 9.94. The maximum absolute atomic E-state index is 5.85. The van der Waals surface area contributed by atoms with Gasteiger partial charge in [0.2, 0.25) is 0 Å². The minimum Gasteiger partial charge on any atom is -0.489 e. The zero-order valence-corrected chi connectivity index (χ0v) is 12.3. The van der Waals surface area contributed by atoms with E-state index in [-0.39, 0.29) is 0 Å². The highest BCUT2D eigenvalue weighted by Crippen LogP contribution is 2.26. The third-order valence-electron chi connectivity index (χ3n) is 3.54. The van der Waals surface area contributed by atoms with E-state index in [1.807, 2.05) is 24.3 Å². The zero-order chi connectivity index (χ0) is 14.4. The van der Waals surface area contributed by atoms with Gasteiger partial charge in [-0.2, -0.15) is 0 Å². The third kappa shape index (κ3) is 3.74. The third-order valence-corrected chi connectivity index (χ3v) is 3.54. The molecule has 0 aliphatic rings. The van der Waals surface area contributed by atoms with Crippen molar-refractivity contribution in [3.05, 3.63) is 77.9 Å². The lowest BCUT2D eigenvalue weighted by molar-refractivity contribution is 0.306. The highest BCUT2D eigenvalue weighted by molar-refractivity contribution is 5.37. The first-order valence-electron chi connectivity index (χ1n) is 7.09. The molecule has 0 N–H and O–H groups in total. The molecule has 20 heavy (non-hydrogen) atoms. The second-order valence-electron chi connectivity index (χ2n) is 5.22. The fourth-order valence-corrected chi connectivity index (χ4v) is 2.41. The Balaban J connectivity index is 2.03. The van der Waals surface area contributed by atoms with Crippen LogP contribution in [0, 0.1) is 6.92 Å². The minimum atomic E-state index is 0.510. The fraction of sp³-hybridized carbons (Fsp3) is 0.263. The summed E-state index contributed by atoms with van der Waals surface area (Å²) in [6.07, 6.45) is 2.98. The van der Waals surface area contributed by atoms with E-state index < -0.39 is 0 Å². The molecule has 104 valence electrons. The minimum absolute atomic E-state index is 0.510. The molecular formula is C19H22O. The lowest BCUT2D eigenvalue weighted by Crippen LogP contribution is -1.98. The highest BCUT2D eigenvalue weighted by atomic mass is 16.5. The van der Waals surface area contributed by atoms with Gasteiger partial charge in [0.1, 0.15) is 12.4 Å². The van der Waals surface area contributed by atoms with Gasteiger partial charge in [0.25, 0.3) is 0 Å². The van der Waals surface area contributed by atoms with Gasteiger partial charge in [-0.3, -0.25) is 0 Å². The van der Waals surface area contributed by atoms with Gasteiger partial charge in [-0.05, 0) is 48.1 Å². The largest absolute Gasteiger partial charge is 0.489 e. The van der Waals surface area contributed by atoms with Crippen molar-refractivity contribution in [1.82, 2.24) is 0 Å². The molecule has 0 aliphatic carbocycles. The van der Waals surface area contributed by atoms with Crippen LogP contribution in [-0.4, -0.2) is 0 Å². The molecule has 1 atom stereocenters. The summed E-state index contributed by atoms with van der Waals surface area (Å²) in [4.78, 5) is 0. The van der Waals surface area contributed by atoms with E-state index >= 15 is 0 Å². The Bertz CT molecular complexity index is 557. The van der Waals surface area contributed by atoms with E-state index in [1.54, 1.807) is 0 Å². The molecule has 0 bridgehead atoms. The predicted molar refractivity (Wildman–Crippen MR) is 85.2 cm³/mol. The molecule has 1 unspecified atom stereocenters. The monoisotopic (exact) mass is 266 g/mol. The second-order valence-corrected chi connectivity index (χ2v) is 5.22. The van der Waals surface area contributed by atoms with Gasteiger partial charge in [0.05, 0.1) is 0 Å². The van der Waals surface area contributed by atoms with Crippen molar-refractivity contribution in [2.45, 2.75) is 32.8 Å². The second kappa shape index (κ2) is 6.95. The molecule has 0 aromatic heterocycles. The van der Waals surface area contributed by atoms with Crippen LogP contribution in [0.2, 0.25) is 0 Å². The van der Waals surface area contributed by atoms with E-state index in [0.717, 1.165) is 12.2 Å². The maximum Gasteiger partial charge on any atom is 0.120 e. The average molecular weight is 266 g/mol. The molecule has 0 radical (unpaired) electrons. The molecule has 0 spiro atoms. The summed E-state index contributed by atoms with van der Waals surface area (Å²) in [6.45, 7) is 8.80. The van der Waals surface area contributed by atoms with Crippen LogP contribution in [0.4, 0.5) is 0 Å². The summed E-state index contributed by atoms with van der Waals surface area (Å²) in [5.41, 5.74) is 3.84. The number of aryl methyl sites for hydroxylation is 1. The predicted octanol–water partition coefficient (Wildman–Crippen LogP) is 5.25. The first kappa shape index (κ1) is 14.4. The zero-order valence-electron chi connectivity index (χ0n) is 12.3. The Labute approximate surface area is 121 Å². The number of benzene rings is 2. The number of allylic oxidation sites excluding steroid dienone is 1. The first-order chi connectivity index (χ1) is 9.70. The Morgan fingerprint density at radius 1 is 1.15 bits per heavy atom. The van der Waals surface area contributed by atoms with E-state index in [2.05, 4.69) is 50.8 Å². The van der Waals surface area contributed by atoms with Crippen molar-refractivity contribution in [1.29, 1.82) is 0 Å². The van der Waals surface area contributed by atoms with Gasteiger partial charge in [-0.1, -0.05) is 49.4 Å². The van der Waals surface area contributed by atoms with Crippen molar-refractivity contribution >= 4 is 0 Å². The number of rotatable bonds is 6. The van der Waals surface area contributed by atoms with Crippen LogP contribution in [-0.2, 0) is 6.61 Å². The molecule has 1 nitrogen and oxygen atoms in total. The smallest absolute Gasteiger partial charge is 0.120 e. The summed E-state index contributed by atoms with van der Waals surface area (Å²) < 4.78 is 5.85. The Morgan fingerprint density at radius 3 is 2.55 bits per heavy atom. The summed E-state index contributed by atoms with van der Waals surface area (Å²) in [5, 5.41) is 0. The van der Waals surface area contributed by atoms with Crippen LogP contribution in [0.1, 0.15) is 36.0 Å². The molecule has 0 heterocycles. The van der Waals surface area contributed by atoms with Crippen molar-refractivity contribution in [2.75, 3.05) is 0 Å². The number of hydrogen-bond acceptors (Lipinski definition) is 1. The SMILES string of the molecule is C=CCC(C)c1ccc(OCc2ccccc2)cc1C. The van der Waals surface area contributed by atoms with Gasteiger partial charge in [-0.25, -0.2) is 0 Å². The van der Waals surface area contributed by atoms with E-state index in [9.17, 15) is 0 Å². The molecule has 0 saturated carbocycles. The van der Waals surface area contributed by atoms with Crippen LogP contribution >= 0.6 is 0 Å². The summed E-state index contributed by atoms with van der Waals surface area (Å²) in [6, 6.07) is 16.6. The highest BCUT2D eigenvalue weighted by Gasteiger charge is 2.08. The van der Waals surface area contributed by atoms with E-state index in [4.69, 9.17) is 4.74 Å². The van der Waals surface area contributed by atoms with Crippen molar-refractivity contribution in [3.63, 3.8) is 0 Å². The summed E-state index contributed by atoms with van der Waals surface area (Å²) in [7, 11) is 0. The maximum atomic E-state index is 5.85. The molecule has 1 heteroatoms. The van der Waals surface area contributed by atoms with Crippen LogP contribution in [0.25, 0.3) is 0 Å². The van der Waals surface area contributed by atoms with Crippen LogP contribution in [0.5, 0.6) is 5.75 Å². The van der Waals surface area contributed by atoms with Crippen LogP contribution in [0.3, 0.4) is 0 Å². The Kier molecular flexibility index (Phi) is 5.00. The molecule has 0 amide bonds. The molecule has 2 aromatic rings. The lowest BCUT2D eigenvalue weighted by Gasteiger charge is -2.14. The molecule has 0 fully saturated rings. The van der Waals surface area contributed by atoms with E-state index in [1.165, 1.54) is 16.7 Å². The molecule has 0 saturated heterocycles. The topological polar surface area (TPSA) is 9.23 Å². The number of hydrogen-bond donors (Lipinski definition) is 0. The normalized spacial score (nSPS) is 11.9. The van der Waals surface area contributed by atoms with Crippen LogP contribution < -0.4 is 4.74 Å². The fourth-order valence-electron chi connectivity index (χ4n) is 2.41. The van der Waals surface area contributed by atoms with Crippen molar-refractivity contribution in [2.24, 2.45) is 0 Å². The van der Waals surface area contributed by atoms with Gasteiger partial charge < -0.3 is 4.74 Å². The first-order valence-corrected chi connectivity index (χ1v) is 7.09. The van der Waals surface area contributed by atoms with Crippen molar-refractivity contribution in [3.8, 4) is 5.75 Å². The van der Waals surface area contributed by atoms with E-state index in [0.29, 0.717) is 12.5 Å². The number of ether oxygens (including phenoxy) is 1. The molecular weight excluding hydrogens is 244 g/mol. The van der Waals surface area contributed by atoms with Crippen molar-refractivity contribution < 1.29 is 4.74 Å². The molecule has 2 aromatic carbocycles. The summed E-state index contributed by atoms with van der Waals surface area (Å²) >= 11 is 0. The average Bonchev–Trinajstić information content (AvgIpc) is 2.46. The standard InChI is InChI=1S/C19H22O/c1-4-8-15(2)19-12-11-18(13-16(19)3)20-14-17-9-6-5-7-10-17/h4-7,9-13,15H,1,8,14H2,2-3H3. The van der Waals surface area contributed by atoms with Gasteiger partial charge >= 0.3 is 0 Å². The molecule has 0 aliphatic heterocycles.